The zero-order valence-corrected chi connectivity index (χ0v) is 8.13. The molecule has 0 aromatic rings. The molecule has 1 aliphatic rings. The van der Waals surface area contributed by atoms with E-state index in [1.165, 1.54) is 0 Å². The lowest BCUT2D eigenvalue weighted by Crippen LogP contribution is -2.42. The molecular formula is C7H12O5S. The molecule has 1 N–H and O–H groups in total. The number of carboxylic acids is 1. The monoisotopic (exact) mass is 208 g/mol. The van der Waals surface area contributed by atoms with Crippen molar-refractivity contribution in [2.45, 2.75) is 18.9 Å². The Hall–Kier alpha value is -0.620. The van der Waals surface area contributed by atoms with Crippen LogP contribution in [0, 0.1) is 0 Å². The summed E-state index contributed by atoms with van der Waals surface area (Å²) in [5.41, 5.74) is -1.49. The fraction of sp³-hybridized carbons (Fsp3) is 0.857. The number of sulfone groups is 1. The summed E-state index contributed by atoms with van der Waals surface area (Å²) < 4.78 is 27.2. The number of hydrogen-bond donors (Lipinski definition) is 1. The Labute approximate surface area is 76.6 Å². The average Bonchev–Trinajstić information content (AvgIpc) is 2.28. The molecular weight excluding hydrogens is 196 g/mol. The Kier molecular flexibility index (Phi) is 2.63. The van der Waals surface area contributed by atoms with E-state index in [2.05, 4.69) is 0 Å². The predicted molar refractivity (Wildman–Crippen MR) is 45.3 cm³/mol. The molecule has 1 aliphatic heterocycles. The second-order valence-electron chi connectivity index (χ2n) is 3.07. The van der Waals surface area contributed by atoms with Gasteiger partial charge < -0.3 is 9.84 Å². The average molecular weight is 208 g/mol. The first-order valence-electron chi connectivity index (χ1n) is 4.00. The van der Waals surface area contributed by atoms with E-state index < -0.39 is 27.2 Å². The van der Waals surface area contributed by atoms with Gasteiger partial charge in [-0.25, -0.2) is 13.2 Å². The molecule has 1 unspecified atom stereocenters. The maximum atomic E-state index is 11.1. The molecule has 0 bridgehead atoms. The maximum absolute atomic E-state index is 11.1. The van der Waals surface area contributed by atoms with Gasteiger partial charge in [-0.15, -0.1) is 0 Å². The minimum Gasteiger partial charge on any atom is -0.479 e. The lowest BCUT2D eigenvalue weighted by atomic mass is 10.0. The van der Waals surface area contributed by atoms with Crippen LogP contribution in [0.25, 0.3) is 0 Å². The van der Waals surface area contributed by atoms with E-state index in [1.807, 2.05) is 0 Å². The van der Waals surface area contributed by atoms with E-state index in [-0.39, 0.29) is 18.8 Å². The van der Waals surface area contributed by atoms with Crippen molar-refractivity contribution in [3.05, 3.63) is 0 Å². The summed E-state index contributed by atoms with van der Waals surface area (Å²) in [6.45, 7) is 1.86. The van der Waals surface area contributed by atoms with Gasteiger partial charge in [-0.1, -0.05) is 0 Å². The van der Waals surface area contributed by atoms with Gasteiger partial charge in [0, 0.05) is 13.0 Å². The lowest BCUT2D eigenvalue weighted by molar-refractivity contribution is -0.161. The number of rotatable bonds is 3. The van der Waals surface area contributed by atoms with Crippen LogP contribution in [0.2, 0.25) is 0 Å². The Morgan fingerprint density at radius 3 is 2.54 bits per heavy atom. The number of hydrogen-bond acceptors (Lipinski definition) is 4. The molecule has 1 heterocycles. The smallest absolute Gasteiger partial charge is 0.337 e. The molecule has 1 atom stereocenters. The van der Waals surface area contributed by atoms with Gasteiger partial charge in [0.15, 0.2) is 15.4 Å². The van der Waals surface area contributed by atoms with Crippen LogP contribution < -0.4 is 0 Å². The van der Waals surface area contributed by atoms with Crippen LogP contribution in [0.3, 0.4) is 0 Å². The van der Waals surface area contributed by atoms with Crippen LogP contribution in [0.4, 0.5) is 0 Å². The summed E-state index contributed by atoms with van der Waals surface area (Å²) in [5.74, 6) is -1.68. The maximum Gasteiger partial charge on any atom is 0.337 e. The minimum absolute atomic E-state index is 0.0541. The van der Waals surface area contributed by atoms with Crippen molar-refractivity contribution in [2.24, 2.45) is 0 Å². The van der Waals surface area contributed by atoms with Crippen LogP contribution in [-0.2, 0) is 19.4 Å². The van der Waals surface area contributed by atoms with E-state index in [1.54, 1.807) is 6.92 Å². The number of carboxylic acid groups (broad SMARTS) is 1. The van der Waals surface area contributed by atoms with Gasteiger partial charge in [-0.05, 0) is 6.92 Å². The summed E-state index contributed by atoms with van der Waals surface area (Å²) in [6, 6.07) is 0. The van der Waals surface area contributed by atoms with Gasteiger partial charge in [-0.2, -0.15) is 0 Å². The summed E-state index contributed by atoms with van der Waals surface area (Å²) in [6.07, 6.45) is 0.0541. The van der Waals surface area contributed by atoms with Crippen LogP contribution >= 0.6 is 0 Å². The molecule has 0 amide bonds. The first-order chi connectivity index (χ1) is 5.92. The van der Waals surface area contributed by atoms with E-state index in [0.29, 0.717) is 0 Å². The quantitative estimate of drug-likeness (QED) is 0.686. The van der Waals surface area contributed by atoms with Crippen LogP contribution in [0.1, 0.15) is 13.3 Å². The molecule has 6 heteroatoms. The highest BCUT2D eigenvalue weighted by Gasteiger charge is 2.49. The van der Waals surface area contributed by atoms with Gasteiger partial charge in [0.25, 0.3) is 0 Å². The second kappa shape index (κ2) is 3.26. The van der Waals surface area contributed by atoms with E-state index in [0.717, 1.165) is 0 Å². The first-order valence-corrected chi connectivity index (χ1v) is 5.82. The van der Waals surface area contributed by atoms with Gasteiger partial charge in [-0.3, -0.25) is 0 Å². The van der Waals surface area contributed by atoms with E-state index in [9.17, 15) is 13.2 Å². The van der Waals surface area contributed by atoms with Gasteiger partial charge >= 0.3 is 5.97 Å². The number of carbonyl (C=O) groups is 1. The lowest BCUT2D eigenvalue weighted by Gasteiger charge is -2.21. The molecule has 1 rings (SSSR count). The third-order valence-electron chi connectivity index (χ3n) is 2.08. The fourth-order valence-electron chi connectivity index (χ4n) is 1.44. The van der Waals surface area contributed by atoms with Crippen molar-refractivity contribution >= 4 is 15.8 Å². The zero-order chi connectivity index (χ0) is 10.1. The van der Waals surface area contributed by atoms with Crippen molar-refractivity contribution in [2.75, 3.05) is 18.1 Å². The SMILES string of the molecule is CCOC1(C(=O)O)CCS(=O)(=O)C1. The van der Waals surface area contributed by atoms with Crippen molar-refractivity contribution in [1.29, 1.82) is 0 Å². The van der Waals surface area contributed by atoms with Crippen molar-refractivity contribution in [3.63, 3.8) is 0 Å². The zero-order valence-electron chi connectivity index (χ0n) is 7.32. The van der Waals surface area contributed by atoms with Crippen molar-refractivity contribution in [3.8, 4) is 0 Å². The molecule has 0 aromatic carbocycles. The van der Waals surface area contributed by atoms with Gasteiger partial charge in [0.05, 0.1) is 11.5 Å². The van der Waals surface area contributed by atoms with Crippen LogP contribution in [-0.4, -0.2) is 43.2 Å². The molecule has 0 saturated carbocycles. The van der Waals surface area contributed by atoms with Crippen molar-refractivity contribution < 1.29 is 23.1 Å². The molecule has 1 fully saturated rings. The molecule has 0 radical (unpaired) electrons. The van der Waals surface area contributed by atoms with Crippen molar-refractivity contribution in [1.82, 2.24) is 0 Å². The molecule has 0 aliphatic carbocycles. The molecule has 13 heavy (non-hydrogen) atoms. The van der Waals surface area contributed by atoms with Crippen LogP contribution in [0.15, 0.2) is 0 Å². The Bertz CT molecular complexity index is 307. The molecule has 0 spiro atoms. The van der Waals surface area contributed by atoms with Crippen LogP contribution in [0.5, 0.6) is 0 Å². The standard InChI is InChI=1S/C7H12O5S/c1-2-12-7(6(8)9)3-4-13(10,11)5-7/h2-5H2,1H3,(H,8,9). The highest BCUT2D eigenvalue weighted by Crippen LogP contribution is 2.27. The summed E-state index contributed by atoms with van der Waals surface area (Å²) in [4.78, 5) is 10.8. The summed E-state index contributed by atoms with van der Waals surface area (Å²) in [5, 5.41) is 8.84. The first kappa shape index (κ1) is 10.5. The largest absolute Gasteiger partial charge is 0.479 e. The molecule has 76 valence electrons. The Morgan fingerprint density at radius 2 is 2.23 bits per heavy atom. The third kappa shape index (κ3) is 2.00. The van der Waals surface area contributed by atoms with Gasteiger partial charge in [0.2, 0.25) is 0 Å². The van der Waals surface area contributed by atoms with E-state index in [4.69, 9.17) is 9.84 Å². The second-order valence-corrected chi connectivity index (χ2v) is 5.26. The predicted octanol–water partition coefficient (Wildman–Crippen LogP) is -0.335. The Balaban J connectivity index is 2.90. The Morgan fingerprint density at radius 1 is 1.62 bits per heavy atom. The highest BCUT2D eigenvalue weighted by atomic mass is 32.2. The highest BCUT2D eigenvalue weighted by molar-refractivity contribution is 7.91. The van der Waals surface area contributed by atoms with Gasteiger partial charge in [0.1, 0.15) is 0 Å². The minimum atomic E-state index is -3.23. The fourth-order valence-corrected chi connectivity index (χ4v) is 3.29. The topological polar surface area (TPSA) is 80.7 Å². The number of aliphatic carboxylic acids is 1. The van der Waals surface area contributed by atoms with E-state index >= 15 is 0 Å². The summed E-state index contributed by atoms with van der Waals surface area (Å²) >= 11 is 0. The number of ether oxygens (including phenoxy) is 1. The molecule has 0 aromatic heterocycles. The third-order valence-corrected chi connectivity index (χ3v) is 3.81. The normalized spacial score (nSPS) is 31.8. The summed E-state index contributed by atoms with van der Waals surface area (Å²) in [7, 11) is -3.23. The molecule has 1 saturated heterocycles. The molecule has 5 nitrogen and oxygen atoms in total.